The Morgan fingerprint density at radius 1 is 1.26 bits per heavy atom. The monoisotopic (exact) mass is 283 g/mol. The maximum atomic E-state index is 13.6. The topological polar surface area (TPSA) is 12.0 Å². The quantitative estimate of drug-likeness (QED) is 0.821. The van der Waals surface area contributed by atoms with Crippen molar-refractivity contribution >= 4 is 11.6 Å². The molecule has 3 heteroatoms. The number of halogens is 2. The zero-order chi connectivity index (χ0) is 14.0. The van der Waals surface area contributed by atoms with E-state index in [0.29, 0.717) is 10.6 Å². The van der Waals surface area contributed by atoms with Crippen molar-refractivity contribution in [2.45, 2.75) is 52.0 Å². The van der Waals surface area contributed by atoms with Gasteiger partial charge in [-0.05, 0) is 49.4 Å². The fraction of sp³-hybridized carbons (Fsp3) is 0.625. The molecule has 1 aliphatic carbocycles. The first-order valence-corrected chi connectivity index (χ1v) is 7.48. The van der Waals surface area contributed by atoms with Crippen molar-refractivity contribution in [3.8, 4) is 0 Å². The van der Waals surface area contributed by atoms with Crippen molar-refractivity contribution in [1.82, 2.24) is 5.32 Å². The average Bonchev–Trinajstić information content (AvgIpc) is 2.37. The van der Waals surface area contributed by atoms with Gasteiger partial charge in [-0.2, -0.15) is 0 Å². The first-order chi connectivity index (χ1) is 8.98. The Bertz CT molecular complexity index is 452. The van der Waals surface area contributed by atoms with Crippen LogP contribution in [0.15, 0.2) is 12.1 Å². The second kappa shape index (κ2) is 5.80. The van der Waals surface area contributed by atoms with Crippen LogP contribution in [0, 0.1) is 18.2 Å². The lowest BCUT2D eigenvalue weighted by atomic mass is 9.68. The van der Waals surface area contributed by atoms with E-state index in [0.717, 1.165) is 5.56 Å². The van der Waals surface area contributed by atoms with Gasteiger partial charge in [-0.3, -0.25) is 0 Å². The first kappa shape index (κ1) is 14.8. The standard InChI is InChI=1S/C16H23ClFN/c1-11-9-12(13(17)10-14(11)18)15(19-3)16(2)7-5-4-6-8-16/h9-10,15,19H,4-8H2,1-3H3. The van der Waals surface area contributed by atoms with Gasteiger partial charge in [-0.25, -0.2) is 4.39 Å². The predicted octanol–water partition coefficient (Wildman–Crippen LogP) is 5.02. The third-order valence-electron chi connectivity index (χ3n) is 4.57. The van der Waals surface area contributed by atoms with E-state index in [1.54, 1.807) is 6.92 Å². The van der Waals surface area contributed by atoms with E-state index >= 15 is 0 Å². The molecule has 0 saturated heterocycles. The summed E-state index contributed by atoms with van der Waals surface area (Å²) in [7, 11) is 1.97. The maximum absolute atomic E-state index is 13.6. The summed E-state index contributed by atoms with van der Waals surface area (Å²) in [5.74, 6) is -0.225. The minimum absolute atomic E-state index is 0.194. The lowest BCUT2D eigenvalue weighted by Crippen LogP contribution is -2.36. The molecule has 0 amide bonds. The first-order valence-electron chi connectivity index (χ1n) is 7.11. The summed E-state index contributed by atoms with van der Waals surface area (Å²) in [6, 6.07) is 3.54. The number of hydrogen-bond acceptors (Lipinski definition) is 1. The van der Waals surface area contributed by atoms with Crippen molar-refractivity contribution in [3.05, 3.63) is 34.1 Å². The SMILES string of the molecule is CNC(c1cc(C)c(F)cc1Cl)C1(C)CCCCC1. The summed E-state index contributed by atoms with van der Waals surface area (Å²) in [6.45, 7) is 4.12. The fourth-order valence-electron chi connectivity index (χ4n) is 3.43. The molecular weight excluding hydrogens is 261 g/mol. The van der Waals surface area contributed by atoms with Crippen molar-refractivity contribution in [2.24, 2.45) is 5.41 Å². The van der Waals surface area contributed by atoms with Gasteiger partial charge in [0.05, 0.1) is 0 Å². The highest BCUT2D eigenvalue weighted by Crippen LogP contribution is 2.47. The molecule has 0 spiro atoms. The van der Waals surface area contributed by atoms with Crippen LogP contribution in [0.3, 0.4) is 0 Å². The summed E-state index contributed by atoms with van der Waals surface area (Å²) in [5, 5.41) is 3.95. The van der Waals surface area contributed by atoms with Crippen LogP contribution in [0.2, 0.25) is 5.02 Å². The van der Waals surface area contributed by atoms with E-state index in [-0.39, 0.29) is 17.3 Å². The van der Waals surface area contributed by atoms with E-state index in [4.69, 9.17) is 11.6 Å². The molecule has 2 rings (SSSR count). The Morgan fingerprint density at radius 3 is 2.47 bits per heavy atom. The molecule has 1 atom stereocenters. The average molecular weight is 284 g/mol. The third kappa shape index (κ3) is 2.95. The van der Waals surface area contributed by atoms with Crippen molar-refractivity contribution < 1.29 is 4.39 Å². The molecular formula is C16H23ClFN. The van der Waals surface area contributed by atoms with Gasteiger partial charge in [0.15, 0.2) is 0 Å². The van der Waals surface area contributed by atoms with E-state index in [1.165, 1.54) is 38.2 Å². The van der Waals surface area contributed by atoms with Gasteiger partial charge < -0.3 is 5.32 Å². The van der Waals surface area contributed by atoms with E-state index in [9.17, 15) is 4.39 Å². The molecule has 0 heterocycles. The zero-order valence-electron chi connectivity index (χ0n) is 12.0. The second-order valence-electron chi connectivity index (χ2n) is 6.06. The predicted molar refractivity (Wildman–Crippen MR) is 79.1 cm³/mol. The summed E-state index contributed by atoms with van der Waals surface area (Å²) < 4.78 is 13.6. The zero-order valence-corrected chi connectivity index (χ0v) is 12.8. The molecule has 1 N–H and O–H groups in total. The molecule has 0 aromatic heterocycles. The Hall–Kier alpha value is -0.600. The van der Waals surface area contributed by atoms with Gasteiger partial charge in [-0.1, -0.05) is 43.9 Å². The normalized spacial score (nSPS) is 20.3. The fourth-order valence-corrected chi connectivity index (χ4v) is 3.69. The van der Waals surface area contributed by atoms with Crippen LogP contribution in [0.25, 0.3) is 0 Å². The van der Waals surface area contributed by atoms with E-state index < -0.39 is 0 Å². The number of nitrogens with one attached hydrogen (secondary N) is 1. The Morgan fingerprint density at radius 2 is 1.89 bits per heavy atom. The van der Waals surface area contributed by atoms with Gasteiger partial charge in [0.25, 0.3) is 0 Å². The molecule has 19 heavy (non-hydrogen) atoms. The van der Waals surface area contributed by atoms with Crippen LogP contribution < -0.4 is 5.32 Å². The van der Waals surface area contributed by atoms with Crippen LogP contribution in [0.1, 0.15) is 56.2 Å². The van der Waals surface area contributed by atoms with E-state index in [2.05, 4.69) is 12.2 Å². The highest BCUT2D eigenvalue weighted by molar-refractivity contribution is 6.31. The summed E-state index contributed by atoms with van der Waals surface area (Å²) >= 11 is 6.28. The molecule has 1 saturated carbocycles. The van der Waals surface area contributed by atoms with Crippen LogP contribution in [-0.4, -0.2) is 7.05 Å². The molecule has 1 aromatic rings. The summed E-state index contributed by atoms with van der Waals surface area (Å²) in [5.41, 5.74) is 1.91. The largest absolute Gasteiger partial charge is 0.312 e. The van der Waals surface area contributed by atoms with Gasteiger partial charge in [0.1, 0.15) is 5.82 Å². The van der Waals surface area contributed by atoms with Crippen molar-refractivity contribution in [2.75, 3.05) is 7.05 Å². The Balaban J connectivity index is 2.39. The van der Waals surface area contributed by atoms with Gasteiger partial charge in [-0.15, -0.1) is 0 Å². The van der Waals surface area contributed by atoms with Crippen LogP contribution in [0.5, 0.6) is 0 Å². The molecule has 0 radical (unpaired) electrons. The molecule has 1 nitrogen and oxygen atoms in total. The molecule has 1 unspecified atom stereocenters. The lowest BCUT2D eigenvalue weighted by Gasteiger charge is -2.41. The number of benzene rings is 1. The summed E-state index contributed by atoms with van der Waals surface area (Å²) in [4.78, 5) is 0. The summed E-state index contributed by atoms with van der Waals surface area (Å²) in [6.07, 6.45) is 6.26. The molecule has 1 fully saturated rings. The highest BCUT2D eigenvalue weighted by atomic mass is 35.5. The minimum Gasteiger partial charge on any atom is -0.312 e. The van der Waals surface area contributed by atoms with Crippen LogP contribution >= 0.6 is 11.6 Å². The maximum Gasteiger partial charge on any atom is 0.127 e. The highest BCUT2D eigenvalue weighted by Gasteiger charge is 2.36. The number of hydrogen-bond donors (Lipinski definition) is 1. The van der Waals surface area contributed by atoms with Crippen LogP contribution in [-0.2, 0) is 0 Å². The van der Waals surface area contributed by atoms with Crippen molar-refractivity contribution in [3.63, 3.8) is 0 Å². The van der Waals surface area contributed by atoms with Gasteiger partial charge in [0, 0.05) is 11.1 Å². The Kier molecular flexibility index (Phi) is 4.52. The molecule has 0 bridgehead atoms. The molecule has 0 aliphatic heterocycles. The third-order valence-corrected chi connectivity index (χ3v) is 4.90. The smallest absolute Gasteiger partial charge is 0.127 e. The van der Waals surface area contributed by atoms with E-state index in [1.807, 2.05) is 13.1 Å². The number of rotatable bonds is 3. The lowest BCUT2D eigenvalue weighted by molar-refractivity contribution is 0.150. The molecule has 1 aromatic carbocycles. The van der Waals surface area contributed by atoms with Gasteiger partial charge in [0.2, 0.25) is 0 Å². The molecule has 106 valence electrons. The minimum atomic E-state index is -0.225. The Labute approximate surface area is 120 Å². The van der Waals surface area contributed by atoms with Crippen LogP contribution in [0.4, 0.5) is 4.39 Å². The molecule has 1 aliphatic rings. The second-order valence-corrected chi connectivity index (χ2v) is 6.47. The number of aryl methyl sites for hydroxylation is 1. The van der Waals surface area contributed by atoms with Gasteiger partial charge >= 0.3 is 0 Å². The van der Waals surface area contributed by atoms with Crippen molar-refractivity contribution in [1.29, 1.82) is 0 Å².